The van der Waals surface area contributed by atoms with Gasteiger partial charge in [-0.15, -0.1) is 0 Å². The molecule has 6 nitrogen and oxygen atoms in total. The third-order valence-electron chi connectivity index (χ3n) is 4.02. The molecule has 1 heterocycles. The van der Waals surface area contributed by atoms with Gasteiger partial charge in [0, 0.05) is 18.0 Å². The van der Waals surface area contributed by atoms with Crippen LogP contribution in [0.15, 0.2) is 59.5 Å². The molecule has 0 aliphatic heterocycles. The highest BCUT2D eigenvalue weighted by atomic mass is 35.5. The van der Waals surface area contributed by atoms with E-state index < -0.39 is 17.8 Å². The molecule has 1 aromatic heterocycles. The Balaban J connectivity index is 1.83. The summed E-state index contributed by atoms with van der Waals surface area (Å²) in [5.74, 6) is -2.52. The highest BCUT2D eigenvalue weighted by Crippen LogP contribution is 2.27. The van der Waals surface area contributed by atoms with Gasteiger partial charge in [0.05, 0.1) is 16.6 Å². The predicted octanol–water partition coefficient (Wildman–Crippen LogP) is 3.38. The number of benzene rings is 2. The maximum Gasteiger partial charge on any atom is 0.311 e. The fourth-order valence-corrected chi connectivity index (χ4v) is 2.94. The van der Waals surface area contributed by atoms with Crippen LogP contribution in [0.1, 0.15) is 17.9 Å². The molecule has 0 spiro atoms. The number of rotatable bonds is 5. The van der Waals surface area contributed by atoms with E-state index in [1.54, 1.807) is 42.5 Å². The topological polar surface area (TPSA) is 99.3 Å². The lowest BCUT2D eigenvalue weighted by Crippen LogP contribution is -2.21. The fraction of sp³-hybridized carbons (Fsp3) is 0.105. The van der Waals surface area contributed by atoms with Crippen molar-refractivity contribution in [1.29, 1.82) is 0 Å². The number of aliphatic carboxylic acids is 1. The van der Waals surface area contributed by atoms with Crippen molar-refractivity contribution in [2.75, 3.05) is 5.32 Å². The molecule has 1 atom stereocenters. The quantitative estimate of drug-likeness (QED) is 0.641. The number of hydrogen-bond donors (Lipinski definition) is 3. The molecule has 0 aliphatic rings. The minimum Gasteiger partial charge on any atom is -0.481 e. The second-order valence-corrected chi connectivity index (χ2v) is 6.19. The summed E-state index contributed by atoms with van der Waals surface area (Å²) in [5, 5.41) is 13.3. The summed E-state index contributed by atoms with van der Waals surface area (Å²) >= 11 is 6.15. The largest absolute Gasteiger partial charge is 0.481 e. The number of hydrogen-bond acceptors (Lipinski definition) is 3. The van der Waals surface area contributed by atoms with Crippen molar-refractivity contribution in [3.05, 3.63) is 75.7 Å². The highest BCUT2D eigenvalue weighted by Gasteiger charge is 2.23. The molecule has 0 saturated carbocycles. The molecule has 2 aromatic carbocycles. The van der Waals surface area contributed by atoms with Crippen molar-refractivity contribution in [2.45, 2.75) is 12.3 Å². The Bertz CT molecular complexity index is 1030. The Morgan fingerprint density at radius 3 is 2.58 bits per heavy atom. The Morgan fingerprint density at radius 2 is 1.88 bits per heavy atom. The number of aromatic amines is 1. The van der Waals surface area contributed by atoms with Gasteiger partial charge in [-0.1, -0.05) is 41.9 Å². The highest BCUT2D eigenvalue weighted by molar-refractivity contribution is 6.34. The summed E-state index contributed by atoms with van der Waals surface area (Å²) < 4.78 is 0. The minimum atomic E-state index is -1.08. The van der Waals surface area contributed by atoms with Crippen LogP contribution in [0.4, 0.5) is 5.69 Å². The summed E-state index contributed by atoms with van der Waals surface area (Å²) in [6.07, 6.45) is 1.27. The number of carboxylic acids is 1. The molecular formula is C19H15ClN2O4. The molecule has 0 bridgehead atoms. The van der Waals surface area contributed by atoms with Crippen LogP contribution >= 0.6 is 11.6 Å². The number of anilines is 1. The van der Waals surface area contributed by atoms with Crippen molar-refractivity contribution in [2.24, 2.45) is 0 Å². The molecule has 26 heavy (non-hydrogen) atoms. The fourth-order valence-electron chi connectivity index (χ4n) is 2.72. The normalized spacial score (nSPS) is 11.9. The van der Waals surface area contributed by atoms with Crippen molar-refractivity contribution >= 4 is 39.9 Å². The number of H-pyrrole nitrogens is 1. The number of fused-ring (bicyclic) bond motifs is 1. The third kappa shape index (κ3) is 3.75. The first-order valence-electron chi connectivity index (χ1n) is 7.84. The lowest BCUT2D eigenvalue weighted by molar-refractivity contribution is -0.140. The van der Waals surface area contributed by atoms with E-state index in [9.17, 15) is 19.5 Å². The van der Waals surface area contributed by atoms with Crippen LogP contribution < -0.4 is 10.9 Å². The van der Waals surface area contributed by atoms with Gasteiger partial charge in [0.2, 0.25) is 5.91 Å². The first-order chi connectivity index (χ1) is 12.5. The minimum absolute atomic E-state index is 0.203. The molecule has 3 rings (SSSR count). The number of nitrogens with one attached hydrogen (secondary N) is 2. The van der Waals surface area contributed by atoms with Gasteiger partial charge in [-0.3, -0.25) is 14.4 Å². The van der Waals surface area contributed by atoms with E-state index in [2.05, 4.69) is 10.3 Å². The average molecular weight is 371 g/mol. The van der Waals surface area contributed by atoms with Gasteiger partial charge in [0.15, 0.2) is 0 Å². The Labute approximate surface area is 153 Å². The lowest BCUT2D eigenvalue weighted by Gasteiger charge is -2.14. The van der Waals surface area contributed by atoms with Gasteiger partial charge in [-0.25, -0.2) is 0 Å². The van der Waals surface area contributed by atoms with E-state index in [1.807, 2.05) is 0 Å². The van der Waals surface area contributed by atoms with E-state index in [4.69, 9.17) is 11.6 Å². The van der Waals surface area contributed by atoms with E-state index in [0.717, 1.165) is 0 Å². The molecule has 0 fully saturated rings. The molecule has 0 radical (unpaired) electrons. The number of aromatic nitrogens is 1. The van der Waals surface area contributed by atoms with Gasteiger partial charge in [0.25, 0.3) is 5.56 Å². The van der Waals surface area contributed by atoms with Gasteiger partial charge >= 0.3 is 5.97 Å². The van der Waals surface area contributed by atoms with Crippen molar-refractivity contribution in [1.82, 2.24) is 4.98 Å². The van der Waals surface area contributed by atoms with Crippen molar-refractivity contribution < 1.29 is 14.7 Å². The summed E-state index contributed by atoms with van der Waals surface area (Å²) in [6, 6.07) is 13.3. The molecular weight excluding hydrogens is 356 g/mol. The average Bonchev–Trinajstić information content (AvgIpc) is 2.62. The second kappa shape index (κ2) is 7.41. The zero-order valence-corrected chi connectivity index (χ0v) is 14.3. The van der Waals surface area contributed by atoms with Crippen LogP contribution in [0.5, 0.6) is 0 Å². The number of halogens is 1. The maximum absolute atomic E-state index is 12.4. The van der Waals surface area contributed by atoms with Crippen LogP contribution in [-0.4, -0.2) is 22.0 Å². The summed E-state index contributed by atoms with van der Waals surface area (Å²) in [5.41, 5.74) is 0.593. The van der Waals surface area contributed by atoms with Gasteiger partial charge in [-0.05, 0) is 29.1 Å². The van der Waals surface area contributed by atoms with Crippen LogP contribution in [-0.2, 0) is 9.59 Å². The number of carboxylic acid groups (broad SMARTS) is 1. The standard InChI is InChI=1S/C19H15ClN2O4/c20-15-9-13-12(6-7-21-18(13)24)8-16(15)22-17(23)10-14(19(25)26)11-4-2-1-3-5-11/h1-9,14H,10H2,(H,21,24)(H,22,23)(H,25,26). The molecule has 3 aromatic rings. The monoisotopic (exact) mass is 370 g/mol. The smallest absolute Gasteiger partial charge is 0.311 e. The van der Waals surface area contributed by atoms with Crippen LogP contribution in [0.25, 0.3) is 10.8 Å². The summed E-state index contributed by atoms with van der Waals surface area (Å²) in [4.78, 5) is 38.2. The molecule has 0 aliphatic carbocycles. The number of carbonyl (C=O) groups excluding carboxylic acids is 1. The van der Waals surface area contributed by atoms with Gasteiger partial charge in [0.1, 0.15) is 0 Å². The molecule has 7 heteroatoms. The number of amides is 1. The molecule has 1 amide bonds. The third-order valence-corrected chi connectivity index (χ3v) is 4.34. The molecule has 0 saturated heterocycles. The molecule has 3 N–H and O–H groups in total. The van der Waals surface area contributed by atoms with Crippen molar-refractivity contribution in [3.63, 3.8) is 0 Å². The first kappa shape index (κ1) is 17.7. The van der Waals surface area contributed by atoms with Crippen molar-refractivity contribution in [3.8, 4) is 0 Å². The van der Waals surface area contributed by atoms with Gasteiger partial charge < -0.3 is 15.4 Å². The van der Waals surface area contributed by atoms with E-state index in [1.165, 1.54) is 12.3 Å². The number of pyridine rings is 1. The summed E-state index contributed by atoms with van der Waals surface area (Å²) in [6.45, 7) is 0. The van der Waals surface area contributed by atoms with Crippen LogP contribution in [0, 0.1) is 0 Å². The Kier molecular flexibility index (Phi) is 5.04. The van der Waals surface area contributed by atoms with Gasteiger partial charge in [-0.2, -0.15) is 0 Å². The predicted molar refractivity (Wildman–Crippen MR) is 99.6 cm³/mol. The van der Waals surface area contributed by atoms with E-state index in [0.29, 0.717) is 22.0 Å². The summed E-state index contributed by atoms with van der Waals surface area (Å²) in [7, 11) is 0. The SMILES string of the molecule is O=C(CC(C(=O)O)c1ccccc1)Nc1cc2cc[nH]c(=O)c2cc1Cl. The Morgan fingerprint density at radius 1 is 1.15 bits per heavy atom. The molecule has 1 unspecified atom stereocenters. The number of carbonyl (C=O) groups is 2. The first-order valence-corrected chi connectivity index (χ1v) is 8.22. The van der Waals surface area contributed by atoms with E-state index in [-0.39, 0.29) is 17.0 Å². The van der Waals surface area contributed by atoms with E-state index >= 15 is 0 Å². The lowest BCUT2D eigenvalue weighted by atomic mass is 9.95. The van der Waals surface area contributed by atoms with Crippen LogP contribution in [0.2, 0.25) is 5.02 Å². The zero-order valence-electron chi connectivity index (χ0n) is 13.5. The van der Waals surface area contributed by atoms with Crippen LogP contribution in [0.3, 0.4) is 0 Å². The zero-order chi connectivity index (χ0) is 18.7. The maximum atomic E-state index is 12.4. The molecule has 132 valence electrons. The second-order valence-electron chi connectivity index (χ2n) is 5.78. The Hall–Kier alpha value is -3.12.